The zero-order chi connectivity index (χ0) is 17.3. The van der Waals surface area contributed by atoms with Gasteiger partial charge in [-0.2, -0.15) is 0 Å². The van der Waals surface area contributed by atoms with Gasteiger partial charge in [0.05, 0.1) is 0 Å². The molecule has 128 valence electrons. The summed E-state index contributed by atoms with van der Waals surface area (Å²) in [5.74, 6) is 0. The Kier molecular flexibility index (Phi) is 4.12. The highest BCUT2D eigenvalue weighted by molar-refractivity contribution is 6.15. The van der Waals surface area contributed by atoms with E-state index in [2.05, 4.69) is 30.0 Å². The smallest absolute Gasteiger partial charge is 0.335 e. The van der Waals surface area contributed by atoms with Gasteiger partial charge in [-0.25, -0.2) is 5.23 Å². The van der Waals surface area contributed by atoms with Gasteiger partial charge in [-0.15, -0.1) is 0 Å². The van der Waals surface area contributed by atoms with Gasteiger partial charge >= 0.3 is 11.4 Å². The van der Waals surface area contributed by atoms with Crippen LogP contribution in [0.25, 0.3) is 0 Å². The molecule has 2 aliphatic heterocycles. The molecule has 12 nitrogen and oxygen atoms in total. The van der Waals surface area contributed by atoms with Crippen molar-refractivity contribution in [3.05, 3.63) is 38.1 Å². The summed E-state index contributed by atoms with van der Waals surface area (Å²) in [7, 11) is 0. The summed E-state index contributed by atoms with van der Waals surface area (Å²) in [6.07, 6.45) is 2.15. The maximum atomic E-state index is 12.0. The monoisotopic (exact) mass is 338 g/mol. The molecular formula is C12H14N6O6. The van der Waals surface area contributed by atoms with Crippen molar-refractivity contribution >= 4 is 11.4 Å². The van der Waals surface area contributed by atoms with E-state index in [0.29, 0.717) is 31.4 Å². The number of hydrogen-bond donors (Lipinski definition) is 0. The SMILES string of the molecule is CCCC1=NON([O-])C1=C1C(c2c(CCC)no[n+]2[O-])=NO[N+]1=O. The summed E-state index contributed by atoms with van der Waals surface area (Å²) in [6.45, 7) is 3.76. The van der Waals surface area contributed by atoms with E-state index in [4.69, 9.17) is 0 Å². The number of oxime groups is 2. The van der Waals surface area contributed by atoms with Gasteiger partial charge in [-0.1, -0.05) is 25.4 Å². The van der Waals surface area contributed by atoms with Crippen LogP contribution in [0.5, 0.6) is 0 Å². The zero-order valence-electron chi connectivity index (χ0n) is 13.0. The number of hydroxylamine groups is 2. The fourth-order valence-corrected chi connectivity index (χ4v) is 2.40. The van der Waals surface area contributed by atoms with E-state index >= 15 is 0 Å². The number of aryl methyl sites for hydroxylation is 1. The molecule has 0 amide bonds. The maximum Gasteiger partial charge on any atom is 0.335 e. The second kappa shape index (κ2) is 6.23. The van der Waals surface area contributed by atoms with E-state index in [1.54, 1.807) is 0 Å². The molecule has 1 aromatic rings. The summed E-state index contributed by atoms with van der Waals surface area (Å²) >= 11 is 0. The van der Waals surface area contributed by atoms with Crippen molar-refractivity contribution in [2.24, 2.45) is 10.3 Å². The molecule has 0 saturated carbocycles. The highest BCUT2D eigenvalue weighted by Crippen LogP contribution is 2.28. The Labute approximate surface area is 135 Å². The van der Waals surface area contributed by atoms with Crippen molar-refractivity contribution in [3.63, 3.8) is 0 Å². The van der Waals surface area contributed by atoms with Crippen LogP contribution in [0.4, 0.5) is 0 Å². The van der Waals surface area contributed by atoms with Crippen molar-refractivity contribution in [3.8, 4) is 0 Å². The first-order valence-corrected chi connectivity index (χ1v) is 7.36. The Hall–Kier alpha value is -3.02. The fraction of sp³-hybridized carbons (Fsp3) is 0.500. The van der Waals surface area contributed by atoms with Gasteiger partial charge in [0.15, 0.2) is 15.8 Å². The Morgan fingerprint density at radius 1 is 1.21 bits per heavy atom. The molecule has 0 spiro atoms. The number of aromatic nitrogens is 2. The third-order valence-corrected chi connectivity index (χ3v) is 3.40. The van der Waals surface area contributed by atoms with Gasteiger partial charge in [0, 0.05) is 11.6 Å². The first-order valence-electron chi connectivity index (χ1n) is 7.36. The Balaban J connectivity index is 2.13. The Bertz CT molecular complexity index is 766. The van der Waals surface area contributed by atoms with Crippen molar-refractivity contribution in [1.82, 2.24) is 10.4 Å². The van der Waals surface area contributed by atoms with Crippen molar-refractivity contribution in [2.45, 2.75) is 39.5 Å². The predicted octanol–water partition coefficient (Wildman–Crippen LogP) is 0.801. The van der Waals surface area contributed by atoms with E-state index in [9.17, 15) is 15.3 Å². The van der Waals surface area contributed by atoms with E-state index in [-0.39, 0.29) is 43.6 Å². The number of nitrogens with zero attached hydrogens (tertiary/aromatic N) is 6. The predicted molar refractivity (Wildman–Crippen MR) is 76.4 cm³/mol. The minimum absolute atomic E-state index is 0.0259. The molecule has 0 aromatic carbocycles. The number of allylic oxidation sites excluding steroid dienone is 2. The quantitative estimate of drug-likeness (QED) is 0.717. The van der Waals surface area contributed by atoms with Crippen LogP contribution in [0.1, 0.15) is 44.5 Å². The third kappa shape index (κ3) is 2.46. The molecule has 0 atom stereocenters. The van der Waals surface area contributed by atoms with Crippen molar-refractivity contribution in [2.75, 3.05) is 0 Å². The Morgan fingerprint density at radius 2 is 1.96 bits per heavy atom. The van der Waals surface area contributed by atoms with Crippen LogP contribution in [-0.4, -0.2) is 26.7 Å². The van der Waals surface area contributed by atoms with Gasteiger partial charge in [-0.05, 0) is 27.6 Å². The van der Waals surface area contributed by atoms with Gasteiger partial charge in [0.1, 0.15) is 5.71 Å². The van der Waals surface area contributed by atoms with Crippen LogP contribution in [0.15, 0.2) is 26.3 Å². The molecule has 12 heteroatoms. The molecule has 0 bridgehead atoms. The van der Waals surface area contributed by atoms with Crippen molar-refractivity contribution in [1.29, 1.82) is 0 Å². The van der Waals surface area contributed by atoms with E-state index in [1.807, 2.05) is 13.8 Å². The summed E-state index contributed by atoms with van der Waals surface area (Å²) in [5.41, 5.74) is -0.128. The Morgan fingerprint density at radius 3 is 2.67 bits per heavy atom. The zero-order valence-corrected chi connectivity index (χ0v) is 13.0. The lowest BCUT2D eigenvalue weighted by atomic mass is 10.0. The second-order valence-electron chi connectivity index (χ2n) is 5.08. The van der Waals surface area contributed by atoms with E-state index in [1.165, 1.54) is 0 Å². The molecule has 3 rings (SSSR count). The molecule has 1 aromatic heterocycles. The lowest BCUT2D eigenvalue weighted by Crippen LogP contribution is -2.34. The van der Waals surface area contributed by atoms with Gasteiger partial charge in [-0.3, -0.25) is 9.57 Å². The minimum atomic E-state index is -0.278. The van der Waals surface area contributed by atoms with Crippen LogP contribution >= 0.6 is 0 Å². The summed E-state index contributed by atoms with van der Waals surface area (Å²) in [4.78, 5) is 21.3. The topological polar surface area (TPSA) is 143 Å². The molecule has 0 radical (unpaired) electrons. The molecule has 0 fully saturated rings. The normalized spacial score (nSPS) is 20.1. The average Bonchev–Trinajstić information content (AvgIpc) is 3.19. The summed E-state index contributed by atoms with van der Waals surface area (Å²) in [5, 5.41) is 34.8. The molecule has 24 heavy (non-hydrogen) atoms. The summed E-state index contributed by atoms with van der Waals surface area (Å²) in [6, 6.07) is 0. The van der Waals surface area contributed by atoms with Gasteiger partial charge < -0.3 is 10.4 Å². The molecular weight excluding hydrogens is 324 g/mol. The highest BCUT2D eigenvalue weighted by atomic mass is 17.0. The van der Waals surface area contributed by atoms with E-state index < -0.39 is 0 Å². The molecule has 0 aliphatic carbocycles. The number of rotatable bonds is 5. The van der Waals surface area contributed by atoms with E-state index in [0.717, 1.165) is 0 Å². The molecule has 0 saturated heterocycles. The summed E-state index contributed by atoms with van der Waals surface area (Å²) < 4.78 is 4.59. The molecule has 0 unspecified atom stereocenters. The minimum Gasteiger partial charge on any atom is -0.722 e. The maximum absolute atomic E-state index is 12.0. The standard InChI is InChI=1S/C12H14N6O6/c1-3-5-7-10(16(19)22-13-7)9-12(18(21)24-15-9)11-8(6-4-2)14-23-17(11)20/h3-6H2,1-2H3. The van der Waals surface area contributed by atoms with Crippen LogP contribution in [-0.2, 0) is 16.3 Å². The molecule has 3 heterocycles. The largest absolute Gasteiger partial charge is 0.722 e. The first-order chi connectivity index (χ1) is 11.6. The number of hydrogen-bond acceptors (Lipinski definition) is 10. The average molecular weight is 338 g/mol. The van der Waals surface area contributed by atoms with Crippen molar-refractivity contribution < 1.29 is 24.3 Å². The van der Waals surface area contributed by atoms with Crippen LogP contribution in [0.2, 0.25) is 0 Å². The lowest BCUT2D eigenvalue weighted by Gasteiger charge is -2.20. The lowest BCUT2D eigenvalue weighted by molar-refractivity contribution is -0.803. The second-order valence-corrected chi connectivity index (χ2v) is 5.08. The van der Waals surface area contributed by atoms with Crippen LogP contribution in [0, 0.1) is 15.3 Å². The third-order valence-electron chi connectivity index (χ3n) is 3.40. The fourth-order valence-electron chi connectivity index (χ4n) is 2.40. The highest BCUT2D eigenvalue weighted by Gasteiger charge is 2.48. The van der Waals surface area contributed by atoms with Crippen LogP contribution in [0.3, 0.4) is 0 Å². The molecule has 0 N–H and O–H groups in total. The van der Waals surface area contributed by atoms with Gasteiger partial charge in [0.25, 0.3) is 5.69 Å². The van der Waals surface area contributed by atoms with Crippen LogP contribution < -0.4 is 4.90 Å². The molecule has 2 aliphatic rings. The van der Waals surface area contributed by atoms with Gasteiger partial charge in [0.2, 0.25) is 5.69 Å². The first kappa shape index (κ1) is 15.9.